The molecule has 2 aliphatic heterocycles. The molecule has 0 aromatic rings. The molecule has 0 aromatic heterocycles. The molecule has 3 aliphatic rings. The van der Waals surface area contributed by atoms with E-state index in [0.717, 1.165) is 51.9 Å². The van der Waals surface area contributed by atoms with Crippen LogP contribution in [-0.2, 0) is 9.59 Å². The highest BCUT2D eigenvalue weighted by Crippen LogP contribution is 2.34. The molecule has 112 valence electrons. The van der Waals surface area contributed by atoms with Crippen molar-refractivity contribution in [2.75, 3.05) is 32.7 Å². The van der Waals surface area contributed by atoms with Gasteiger partial charge in [-0.1, -0.05) is 6.92 Å². The van der Waals surface area contributed by atoms with Gasteiger partial charge in [0.05, 0.1) is 6.54 Å². The molecule has 5 heteroatoms. The van der Waals surface area contributed by atoms with Crippen LogP contribution in [0.15, 0.2) is 0 Å². The standard InChI is InChI=1S/C15H25N3O2/c1-2-17-7-5-11(6-8-17)9-18-10-13(19)16-14(15(18)20)12-3-4-12/h11-12,14H,2-10H2,1H3,(H,16,19). The second-order valence-corrected chi connectivity index (χ2v) is 6.48. The molecule has 0 radical (unpaired) electrons. The number of hydrogen-bond donors (Lipinski definition) is 1. The minimum atomic E-state index is -0.230. The number of piperazine rings is 1. The van der Waals surface area contributed by atoms with Crippen molar-refractivity contribution in [2.24, 2.45) is 11.8 Å². The number of carbonyl (C=O) groups excluding carboxylic acids is 2. The molecule has 2 amide bonds. The van der Waals surface area contributed by atoms with Crippen molar-refractivity contribution in [3.8, 4) is 0 Å². The summed E-state index contributed by atoms with van der Waals surface area (Å²) in [5.41, 5.74) is 0. The molecule has 1 aliphatic carbocycles. The Hall–Kier alpha value is -1.10. The third-order valence-corrected chi connectivity index (χ3v) is 4.96. The van der Waals surface area contributed by atoms with Crippen LogP contribution in [0.3, 0.4) is 0 Å². The maximum absolute atomic E-state index is 12.4. The van der Waals surface area contributed by atoms with Gasteiger partial charge in [0.2, 0.25) is 11.8 Å². The van der Waals surface area contributed by atoms with Gasteiger partial charge in [0.25, 0.3) is 0 Å². The summed E-state index contributed by atoms with van der Waals surface area (Å²) in [6, 6.07) is -0.230. The molecule has 2 heterocycles. The van der Waals surface area contributed by atoms with Crippen LogP contribution in [0.4, 0.5) is 0 Å². The summed E-state index contributed by atoms with van der Waals surface area (Å²) in [5.74, 6) is 1.14. The average Bonchev–Trinajstić information content (AvgIpc) is 3.28. The van der Waals surface area contributed by atoms with Crippen molar-refractivity contribution in [1.82, 2.24) is 15.1 Å². The van der Waals surface area contributed by atoms with Gasteiger partial charge in [-0.05, 0) is 57.2 Å². The Kier molecular flexibility index (Phi) is 3.96. The molecule has 3 fully saturated rings. The van der Waals surface area contributed by atoms with E-state index in [1.165, 1.54) is 0 Å². The Morgan fingerprint density at radius 1 is 1.15 bits per heavy atom. The highest BCUT2D eigenvalue weighted by molar-refractivity contribution is 5.95. The molecule has 2 saturated heterocycles. The first-order valence-electron chi connectivity index (χ1n) is 7.98. The molecule has 1 unspecified atom stereocenters. The molecule has 20 heavy (non-hydrogen) atoms. The topological polar surface area (TPSA) is 52.6 Å². The molecule has 1 atom stereocenters. The zero-order valence-corrected chi connectivity index (χ0v) is 12.3. The lowest BCUT2D eigenvalue weighted by molar-refractivity contribution is -0.145. The number of carbonyl (C=O) groups is 2. The van der Waals surface area contributed by atoms with E-state index in [-0.39, 0.29) is 24.4 Å². The Labute approximate surface area is 120 Å². The smallest absolute Gasteiger partial charge is 0.245 e. The highest BCUT2D eigenvalue weighted by atomic mass is 16.2. The molecular formula is C15H25N3O2. The average molecular weight is 279 g/mol. The van der Waals surface area contributed by atoms with Crippen molar-refractivity contribution in [2.45, 2.75) is 38.6 Å². The van der Waals surface area contributed by atoms with Crippen LogP contribution in [0.5, 0.6) is 0 Å². The van der Waals surface area contributed by atoms with Gasteiger partial charge >= 0.3 is 0 Å². The maximum atomic E-state index is 12.4. The lowest BCUT2D eigenvalue weighted by Gasteiger charge is -2.37. The number of piperidine rings is 1. The van der Waals surface area contributed by atoms with E-state index >= 15 is 0 Å². The Morgan fingerprint density at radius 2 is 1.85 bits per heavy atom. The third kappa shape index (κ3) is 2.97. The Morgan fingerprint density at radius 3 is 2.45 bits per heavy atom. The van der Waals surface area contributed by atoms with Crippen molar-refractivity contribution >= 4 is 11.8 Å². The minimum absolute atomic E-state index is 0.0208. The summed E-state index contributed by atoms with van der Waals surface area (Å²) in [6.45, 7) is 6.59. The van der Waals surface area contributed by atoms with Gasteiger partial charge in [0.1, 0.15) is 6.04 Å². The summed E-state index contributed by atoms with van der Waals surface area (Å²) in [7, 11) is 0. The number of amides is 2. The Balaban J connectivity index is 1.56. The number of likely N-dealkylation sites (tertiary alicyclic amines) is 1. The number of nitrogens with zero attached hydrogens (tertiary/aromatic N) is 2. The minimum Gasteiger partial charge on any atom is -0.342 e. The van der Waals surface area contributed by atoms with Gasteiger partial charge in [-0.3, -0.25) is 9.59 Å². The van der Waals surface area contributed by atoms with Crippen molar-refractivity contribution in [3.05, 3.63) is 0 Å². The van der Waals surface area contributed by atoms with E-state index < -0.39 is 0 Å². The normalized spacial score (nSPS) is 29.6. The second-order valence-electron chi connectivity index (χ2n) is 6.48. The maximum Gasteiger partial charge on any atom is 0.245 e. The molecule has 1 N–H and O–H groups in total. The van der Waals surface area contributed by atoms with Crippen LogP contribution < -0.4 is 5.32 Å². The van der Waals surface area contributed by atoms with Crippen LogP contribution >= 0.6 is 0 Å². The predicted molar refractivity (Wildman–Crippen MR) is 76.1 cm³/mol. The van der Waals surface area contributed by atoms with E-state index in [9.17, 15) is 9.59 Å². The Bertz CT molecular complexity index is 387. The predicted octanol–water partition coefficient (Wildman–Crippen LogP) is 0.455. The van der Waals surface area contributed by atoms with Gasteiger partial charge in [0, 0.05) is 6.54 Å². The third-order valence-electron chi connectivity index (χ3n) is 4.96. The molecule has 0 bridgehead atoms. The highest BCUT2D eigenvalue weighted by Gasteiger charge is 2.43. The van der Waals surface area contributed by atoms with Gasteiger partial charge in [-0.15, -0.1) is 0 Å². The molecule has 0 spiro atoms. The molecule has 1 saturated carbocycles. The SMILES string of the molecule is CCN1CCC(CN2CC(=O)NC(C3CC3)C2=O)CC1. The molecular weight excluding hydrogens is 254 g/mol. The number of hydrogen-bond acceptors (Lipinski definition) is 3. The summed E-state index contributed by atoms with van der Waals surface area (Å²) >= 11 is 0. The van der Waals surface area contributed by atoms with Gasteiger partial charge in [-0.2, -0.15) is 0 Å². The van der Waals surface area contributed by atoms with Crippen molar-refractivity contribution < 1.29 is 9.59 Å². The quantitative estimate of drug-likeness (QED) is 0.813. The van der Waals surface area contributed by atoms with Gasteiger partial charge in [-0.25, -0.2) is 0 Å². The number of rotatable bonds is 4. The first-order valence-corrected chi connectivity index (χ1v) is 7.98. The van der Waals surface area contributed by atoms with Crippen LogP contribution in [-0.4, -0.2) is 60.4 Å². The van der Waals surface area contributed by atoms with Crippen LogP contribution in [0.25, 0.3) is 0 Å². The van der Waals surface area contributed by atoms with Crippen LogP contribution in [0.1, 0.15) is 32.6 Å². The second kappa shape index (κ2) is 5.72. The summed E-state index contributed by atoms with van der Waals surface area (Å²) < 4.78 is 0. The van der Waals surface area contributed by atoms with Crippen LogP contribution in [0, 0.1) is 11.8 Å². The first kappa shape index (κ1) is 13.9. The van der Waals surface area contributed by atoms with Crippen molar-refractivity contribution in [1.29, 1.82) is 0 Å². The fourth-order valence-electron chi connectivity index (χ4n) is 3.43. The zero-order valence-electron chi connectivity index (χ0n) is 12.3. The molecule has 3 rings (SSSR count). The van der Waals surface area contributed by atoms with Gasteiger partial charge < -0.3 is 15.1 Å². The zero-order chi connectivity index (χ0) is 14.1. The fraction of sp³-hybridized carbons (Fsp3) is 0.867. The van der Waals surface area contributed by atoms with E-state index in [0.29, 0.717) is 11.8 Å². The summed E-state index contributed by atoms with van der Waals surface area (Å²) in [5, 5.41) is 2.87. The van der Waals surface area contributed by atoms with Gasteiger partial charge in [0.15, 0.2) is 0 Å². The first-order chi connectivity index (χ1) is 9.67. The largest absolute Gasteiger partial charge is 0.342 e. The van der Waals surface area contributed by atoms with E-state index in [2.05, 4.69) is 17.1 Å². The fourth-order valence-corrected chi connectivity index (χ4v) is 3.43. The lowest BCUT2D eigenvalue weighted by Crippen LogP contribution is -2.59. The van der Waals surface area contributed by atoms with E-state index in [4.69, 9.17) is 0 Å². The van der Waals surface area contributed by atoms with Crippen molar-refractivity contribution in [3.63, 3.8) is 0 Å². The van der Waals surface area contributed by atoms with E-state index in [1.807, 2.05) is 4.90 Å². The van der Waals surface area contributed by atoms with E-state index in [1.54, 1.807) is 0 Å². The summed E-state index contributed by atoms with van der Waals surface area (Å²) in [6.07, 6.45) is 4.46. The lowest BCUT2D eigenvalue weighted by atomic mass is 9.95. The number of nitrogens with one attached hydrogen (secondary N) is 1. The monoisotopic (exact) mass is 279 g/mol. The van der Waals surface area contributed by atoms with Crippen LogP contribution in [0.2, 0.25) is 0 Å². The molecule has 5 nitrogen and oxygen atoms in total. The summed E-state index contributed by atoms with van der Waals surface area (Å²) in [4.78, 5) is 28.5. The molecule has 0 aromatic carbocycles.